The minimum Gasteiger partial charge on any atom is -0.462 e. The lowest BCUT2D eigenvalue weighted by Crippen LogP contribution is -2.13. The normalized spacial score (nSPS) is 11.9. The van der Waals surface area contributed by atoms with Crippen LogP contribution in [0.25, 0.3) is 22.2 Å². The molecule has 1 aliphatic heterocycles. The molecule has 0 radical (unpaired) electrons. The topological polar surface area (TPSA) is 86.8 Å². The fourth-order valence-corrected chi connectivity index (χ4v) is 3.85. The molecule has 0 saturated carbocycles. The van der Waals surface area contributed by atoms with Gasteiger partial charge in [-0.05, 0) is 61.0 Å². The van der Waals surface area contributed by atoms with Gasteiger partial charge in [-0.1, -0.05) is 31.5 Å². The molecule has 0 fully saturated rings. The number of anilines is 1. The molecule has 176 valence electrons. The van der Waals surface area contributed by atoms with Gasteiger partial charge in [-0.2, -0.15) is 0 Å². The molecule has 0 spiro atoms. The molecule has 7 heteroatoms. The van der Waals surface area contributed by atoms with Crippen molar-refractivity contribution >= 4 is 28.5 Å². The minimum absolute atomic E-state index is 0.187. The number of nitrogens with zero attached hydrogens (tertiary/aromatic N) is 1. The minimum atomic E-state index is -0.371. The highest BCUT2D eigenvalue weighted by atomic mass is 16.7. The molecule has 5 rings (SSSR count). The monoisotopic (exact) mass is 468 g/mol. The molecule has 1 N–H and O–H groups in total. The summed E-state index contributed by atoms with van der Waals surface area (Å²) in [7, 11) is 0. The highest BCUT2D eigenvalue weighted by molar-refractivity contribution is 6.13. The van der Waals surface area contributed by atoms with E-state index in [-0.39, 0.29) is 18.7 Å². The van der Waals surface area contributed by atoms with Gasteiger partial charge in [0.25, 0.3) is 5.91 Å². The number of hydrogen-bond donors (Lipinski definition) is 1. The lowest BCUT2D eigenvalue weighted by atomic mass is 10.0. The van der Waals surface area contributed by atoms with Gasteiger partial charge >= 0.3 is 5.97 Å². The summed E-state index contributed by atoms with van der Waals surface area (Å²) in [5.74, 6) is 0.690. The lowest BCUT2D eigenvalue weighted by molar-refractivity contribution is 0.0499. The van der Waals surface area contributed by atoms with Crippen molar-refractivity contribution < 1.29 is 23.8 Å². The number of amides is 1. The lowest BCUT2D eigenvalue weighted by Gasteiger charge is -2.11. The van der Waals surface area contributed by atoms with Gasteiger partial charge < -0.3 is 19.5 Å². The van der Waals surface area contributed by atoms with Gasteiger partial charge in [0, 0.05) is 16.6 Å². The zero-order chi connectivity index (χ0) is 24.2. The van der Waals surface area contributed by atoms with Gasteiger partial charge in [-0.3, -0.25) is 4.79 Å². The van der Waals surface area contributed by atoms with E-state index < -0.39 is 0 Å². The van der Waals surface area contributed by atoms with Crippen LogP contribution < -0.4 is 14.8 Å². The predicted molar refractivity (Wildman–Crippen MR) is 133 cm³/mol. The standard InChI is InChI=1S/C28H24N2O5/c1-2-3-14-33-28(32)18-8-11-20(12-9-18)29-27(31)22-16-24(30-23-7-5-4-6-21(22)23)19-10-13-25-26(15-19)35-17-34-25/h4-13,15-16H,2-3,14,17H2,1H3,(H,29,31). The Hall–Kier alpha value is -4.39. The molecule has 0 bridgehead atoms. The molecule has 3 aromatic carbocycles. The highest BCUT2D eigenvalue weighted by Gasteiger charge is 2.18. The number of esters is 1. The van der Waals surface area contributed by atoms with Crippen molar-refractivity contribution in [3.63, 3.8) is 0 Å². The van der Waals surface area contributed by atoms with Crippen LogP contribution in [0.4, 0.5) is 5.69 Å². The fraction of sp³-hybridized carbons (Fsp3) is 0.179. The largest absolute Gasteiger partial charge is 0.462 e. The molecule has 0 unspecified atom stereocenters. The summed E-state index contributed by atoms with van der Waals surface area (Å²) in [5, 5.41) is 3.67. The molecular weight excluding hydrogens is 444 g/mol. The number of fused-ring (bicyclic) bond motifs is 2. The van der Waals surface area contributed by atoms with Crippen LogP contribution in [0.5, 0.6) is 11.5 Å². The van der Waals surface area contributed by atoms with Crippen LogP contribution in [-0.4, -0.2) is 30.3 Å². The predicted octanol–water partition coefficient (Wildman–Crippen LogP) is 5.84. The second kappa shape index (κ2) is 9.85. The number of hydrogen-bond acceptors (Lipinski definition) is 6. The van der Waals surface area contributed by atoms with E-state index in [4.69, 9.17) is 19.2 Å². The summed E-state index contributed by atoms with van der Waals surface area (Å²) in [5.41, 5.74) is 3.69. The van der Waals surface area contributed by atoms with E-state index in [1.807, 2.05) is 49.4 Å². The molecule has 1 aliphatic rings. The summed E-state index contributed by atoms with van der Waals surface area (Å²) in [6.07, 6.45) is 1.78. The maximum absolute atomic E-state index is 13.3. The van der Waals surface area contributed by atoms with Crippen molar-refractivity contribution in [3.8, 4) is 22.8 Å². The van der Waals surface area contributed by atoms with Crippen LogP contribution in [0.3, 0.4) is 0 Å². The van der Waals surface area contributed by atoms with Gasteiger partial charge in [0.15, 0.2) is 11.5 Å². The number of unbranched alkanes of at least 4 members (excludes halogenated alkanes) is 1. The number of para-hydroxylation sites is 1. The number of rotatable bonds is 7. The van der Waals surface area contributed by atoms with Gasteiger partial charge in [0.2, 0.25) is 6.79 Å². The summed E-state index contributed by atoms with van der Waals surface area (Å²) in [6, 6.07) is 21.5. The summed E-state index contributed by atoms with van der Waals surface area (Å²) in [4.78, 5) is 30.2. The van der Waals surface area contributed by atoms with Crippen LogP contribution in [0.1, 0.15) is 40.5 Å². The van der Waals surface area contributed by atoms with E-state index in [0.29, 0.717) is 46.1 Å². The first kappa shape index (κ1) is 22.4. The molecule has 35 heavy (non-hydrogen) atoms. The second-order valence-electron chi connectivity index (χ2n) is 8.16. The first-order valence-electron chi connectivity index (χ1n) is 11.5. The van der Waals surface area contributed by atoms with E-state index >= 15 is 0 Å². The molecule has 1 amide bonds. The number of pyridine rings is 1. The van der Waals surface area contributed by atoms with Crippen molar-refractivity contribution in [2.75, 3.05) is 18.7 Å². The van der Waals surface area contributed by atoms with E-state index in [1.54, 1.807) is 30.3 Å². The Bertz CT molecular complexity index is 1400. The van der Waals surface area contributed by atoms with Crippen LogP contribution >= 0.6 is 0 Å². The summed E-state index contributed by atoms with van der Waals surface area (Å²) >= 11 is 0. The van der Waals surface area contributed by atoms with Crippen molar-refractivity contribution in [2.45, 2.75) is 19.8 Å². The number of carbonyl (C=O) groups excluding carboxylic acids is 2. The van der Waals surface area contributed by atoms with Crippen LogP contribution in [0, 0.1) is 0 Å². The Balaban J connectivity index is 1.41. The van der Waals surface area contributed by atoms with Crippen molar-refractivity contribution in [1.29, 1.82) is 0 Å². The van der Waals surface area contributed by atoms with E-state index in [1.165, 1.54) is 0 Å². The van der Waals surface area contributed by atoms with Crippen LogP contribution in [0.2, 0.25) is 0 Å². The zero-order valence-corrected chi connectivity index (χ0v) is 19.2. The smallest absolute Gasteiger partial charge is 0.338 e. The van der Waals surface area contributed by atoms with Gasteiger partial charge in [0.05, 0.1) is 28.9 Å². The Morgan fingerprint density at radius 1 is 0.971 bits per heavy atom. The van der Waals surface area contributed by atoms with Gasteiger partial charge in [-0.25, -0.2) is 9.78 Å². The number of aromatic nitrogens is 1. The second-order valence-corrected chi connectivity index (χ2v) is 8.16. The Morgan fingerprint density at radius 2 is 1.77 bits per heavy atom. The third-order valence-electron chi connectivity index (χ3n) is 5.74. The average molecular weight is 469 g/mol. The molecule has 0 saturated heterocycles. The molecule has 1 aromatic heterocycles. The molecule has 0 atom stereocenters. The highest BCUT2D eigenvalue weighted by Crippen LogP contribution is 2.36. The molecular formula is C28H24N2O5. The van der Waals surface area contributed by atoms with E-state index in [2.05, 4.69) is 5.32 Å². The third-order valence-corrected chi connectivity index (χ3v) is 5.74. The summed E-state index contributed by atoms with van der Waals surface area (Å²) < 4.78 is 16.1. The average Bonchev–Trinajstić information content (AvgIpc) is 3.36. The number of nitrogens with one attached hydrogen (secondary N) is 1. The van der Waals surface area contributed by atoms with Crippen LogP contribution in [-0.2, 0) is 4.74 Å². The number of benzene rings is 3. The maximum atomic E-state index is 13.3. The molecule has 0 aliphatic carbocycles. The zero-order valence-electron chi connectivity index (χ0n) is 19.2. The van der Waals surface area contributed by atoms with Crippen molar-refractivity contribution in [2.24, 2.45) is 0 Å². The van der Waals surface area contributed by atoms with E-state index in [0.717, 1.165) is 23.8 Å². The molecule has 7 nitrogen and oxygen atoms in total. The van der Waals surface area contributed by atoms with Gasteiger partial charge in [-0.15, -0.1) is 0 Å². The summed E-state index contributed by atoms with van der Waals surface area (Å²) in [6.45, 7) is 2.62. The van der Waals surface area contributed by atoms with E-state index in [9.17, 15) is 9.59 Å². The maximum Gasteiger partial charge on any atom is 0.338 e. The Kier molecular flexibility index (Phi) is 6.30. The number of carbonyl (C=O) groups is 2. The van der Waals surface area contributed by atoms with Crippen molar-refractivity contribution in [3.05, 3.63) is 83.9 Å². The molecule has 4 aromatic rings. The number of ether oxygens (including phenoxy) is 3. The first-order valence-corrected chi connectivity index (χ1v) is 11.5. The van der Waals surface area contributed by atoms with Crippen LogP contribution in [0.15, 0.2) is 72.8 Å². The first-order chi connectivity index (χ1) is 17.1. The fourth-order valence-electron chi connectivity index (χ4n) is 3.85. The quantitative estimate of drug-likeness (QED) is 0.271. The SMILES string of the molecule is CCCCOC(=O)c1ccc(NC(=O)c2cc(-c3ccc4c(c3)OCO4)nc3ccccc23)cc1. The van der Waals surface area contributed by atoms with Gasteiger partial charge in [0.1, 0.15) is 0 Å². The third kappa shape index (κ3) is 4.80. The Labute approximate surface area is 202 Å². The molecule has 2 heterocycles. The van der Waals surface area contributed by atoms with Crippen molar-refractivity contribution in [1.82, 2.24) is 4.98 Å². The Morgan fingerprint density at radius 3 is 2.60 bits per heavy atom.